The zero-order valence-electron chi connectivity index (χ0n) is 17.0. The second-order valence-electron chi connectivity index (χ2n) is 7.56. The van der Waals surface area contributed by atoms with Gasteiger partial charge < -0.3 is 18.9 Å². The van der Waals surface area contributed by atoms with E-state index < -0.39 is 0 Å². The van der Waals surface area contributed by atoms with Crippen LogP contribution in [0.15, 0.2) is 30.3 Å². The Labute approximate surface area is 167 Å². The summed E-state index contributed by atoms with van der Waals surface area (Å²) in [5.41, 5.74) is 3.98. The summed E-state index contributed by atoms with van der Waals surface area (Å²) in [6.07, 6.45) is 5.54. The molecular formula is C23H29NO4. The summed E-state index contributed by atoms with van der Waals surface area (Å²) in [6, 6.07) is 10.9. The monoisotopic (exact) mass is 383 g/mol. The molecule has 0 radical (unpaired) electrons. The van der Waals surface area contributed by atoms with Crippen LogP contribution in [0.1, 0.15) is 42.0 Å². The average molecular weight is 383 g/mol. The summed E-state index contributed by atoms with van der Waals surface area (Å²) in [6.45, 7) is 1.33. The van der Waals surface area contributed by atoms with Gasteiger partial charge in [-0.25, -0.2) is 0 Å². The number of unbranched alkanes of at least 4 members (excludes halogenated alkanes) is 1. The van der Waals surface area contributed by atoms with Crippen LogP contribution in [0, 0.1) is 0 Å². The molecule has 150 valence electrons. The van der Waals surface area contributed by atoms with E-state index in [4.69, 9.17) is 18.9 Å². The summed E-state index contributed by atoms with van der Waals surface area (Å²) >= 11 is 0. The van der Waals surface area contributed by atoms with Crippen LogP contribution in [0.2, 0.25) is 0 Å². The SMILES string of the molecule is COc1ccc(CCCCC2c3c(cc4c(c3OC)OCO4)CCN2C)cc1. The van der Waals surface area contributed by atoms with Gasteiger partial charge in [0.25, 0.3) is 0 Å². The lowest BCUT2D eigenvalue weighted by molar-refractivity contribution is 0.170. The number of likely N-dealkylation sites (N-methyl/N-ethyl adjacent to an activating group) is 1. The van der Waals surface area contributed by atoms with E-state index in [1.807, 2.05) is 12.1 Å². The van der Waals surface area contributed by atoms with E-state index in [9.17, 15) is 0 Å². The van der Waals surface area contributed by atoms with Crippen LogP contribution in [-0.2, 0) is 12.8 Å². The predicted molar refractivity (Wildman–Crippen MR) is 109 cm³/mol. The minimum Gasteiger partial charge on any atom is -0.497 e. The third-order valence-electron chi connectivity index (χ3n) is 5.90. The normalized spacial score (nSPS) is 18.0. The Morgan fingerprint density at radius 1 is 1.07 bits per heavy atom. The smallest absolute Gasteiger partial charge is 0.231 e. The van der Waals surface area contributed by atoms with Crippen LogP contribution in [0.4, 0.5) is 0 Å². The number of methoxy groups -OCH3 is 2. The van der Waals surface area contributed by atoms with Gasteiger partial charge in [0.2, 0.25) is 12.5 Å². The molecule has 2 aromatic rings. The summed E-state index contributed by atoms with van der Waals surface area (Å²) in [4.78, 5) is 2.44. The van der Waals surface area contributed by atoms with Crippen LogP contribution in [-0.4, -0.2) is 39.5 Å². The maximum Gasteiger partial charge on any atom is 0.231 e. The Bertz CT molecular complexity index is 818. The molecule has 0 saturated carbocycles. The topological polar surface area (TPSA) is 40.2 Å². The van der Waals surface area contributed by atoms with Crippen molar-refractivity contribution in [1.29, 1.82) is 0 Å². The highest BCUT2D eigenvalue weighted by Gasteiger charge is 2.33. The number of ether oxygens (including phenoxy) is 4. The Kier molecular flexibility index (Phi) is 5.62. The first-order chi connectivity index (χ1) is 13.7. The molecule has 2 aliphatic heterocycles. The highest BCUT2D eigenvalue weighted by molar-refractivity contribution is 5.61. The van der Waals surface area contributed by atoms with Gasteiger partial charge in [-0.3, -0.25) is 4.90 Å². The zero-order valence-corrected chi connectivity index (χ0v) is 17.0. The Morgan fingerprint density at radius 3 is 2.64 bits per heavy atom. The van der Waals surface area contributed by atoms with Crippen LogP contribution in [0.25, 0.3) is 0 Å². The minimum absolute atomic E-state index is 0.275. The van der Waals surface area contributed by atoms with Gasteiger partial charge >= 0.3 is 0 Å². The molecule has 0 fully saturated rings. The van der Waals surface area contributed by atoms with Crippen LogP contribution in [0.5, 0.6) is 23.0 Å². The maximum absolute atomic E-state index is 5.79. The molecule has 0 N–H and O–H groups in total. The molecule has 5 heteroatoms. The molecule has 1 atom stereocenters. The summed E-state index contributed by atoms with van der Waals surface area (Å²) < 4.78 is 22.3. The Morgan fingerprint density at radius 2 is 1.89 bits per heavy atom. The van der Waals surface area contributed by atoms with Gasteiger partial charge in [0.1, 0.15) is 5.75 Å². The first-order valence-electron chi connectivity index (χ1n) is 10.0. The van der Waals surface area contributed by atoms with Crippen molar-refractivity contribution in [2.45, 2.75) is 38.1 Å². The first-order valence-corrected chi connectivity index (χ1v) is 10.0. The van der Waals surface area contributed by atoms with Crippen LogP contribution < -0.4 is 18.9 Å². The lowest BCUT2D eigenvalue weighted by Crippen LogP contribution is -2.32. The standard InChI is InChI=1S/C23H29NO4/c1-24-13-12-17-14-20-22(28-15-27-20)23(26-3)21(17)19(24)7-5-4-6-16-8-10-18(25-2)11-9-16/h8-11,14,19H,4-7,12-13,15H2,1-3H3. The van der Waals surface area contributed by atoms with Gasteiger partial charge in [-0.05, 0) is 62.1 Å². The van der Waals surface area contributed by atoms with Crippen molar-refractivity contribution in [3.05, 3.63) is 47.0 Å². The lowest BCUT2D eigenvalue weighted by Gasteiger charge is -2.36. The molecule has 0 aromatic heterocycles. The van der Waals surface area contributed by atoms with E-state index >= 15 is 0 Å². The fourth-order valence-electron chi connectivity index (χ4n) is 4.35. The third kappa shape index (κ3) is 3.63. The summed E-state index contributed by atoms with van der Waals surface area (Å²) in [5.74, 6) is 3.35. The van der Waals surface area contributed by atoms with Gasteiger partial charge in [0.15, 0.2) is 11.5 Å². The summed E-state index contributed by atoms with van der Waals surface area (Å²) in [7, 11) is 5.64. The fourth-order valence-corrected chi connectivity index (χ4v) is 4.35. The van der Waals surface area contributed by atoms with Crippen LogP contribution >= 0.6 is 0 Å². The van der Waals surface area contributed by atoms with Gasteiger partial charge in [-0.15, -0.1) is 0 Å². The molecule has 5 nitrogen and oxygen atoms in total. The number of aryl methyl sites for hydroxylation is 1. The van der Waals surface area contributed by atoms with Crippen molar-refractivity contribution in [3.8, 4) is 23.0 Å². The van der Waals surface area contributed by atoms with Crippen molar-refractivity contribution in [1.82, 2.24) is 4.90 Å². The maximum atomic E-state index is 5.79. The van der Waals surface area contributed by atoms with Crippen molar-refractivity contribution in [3.63, 3.8) is 0 Å². The number of fused-ring (bicyclic) bond motifs is 2. The second kappa shape index (κ2) is 8.31. The fraction of sp³-hybridized carbons (Fsp3) is 0.478. The molecule has 28 heavy (non-hydrogen) atoms. The highest BCUT2D eigenvalue weighted by Crippen LogP contribution is 2.50. The highest BCUT2D eigenvalue weighted by atomic mass is 16.7. The van der Waals surface area contributed by atoms with E-state index in [0.29, 0.717) is 6.04 Å². The summed E-state index contributed by atoms with van der Waals surface area (Å²) in [5, 5.41) is 0. The van der Waals surface area contributed by atoms with Gasteiger partial charge in [0.05, 0.1) is 14.2 Å². The second-order valence-corrected chi connectivity index (χ2v) is 7.56. The van der Waals surface area contributed by atoms with Crippen LogP contribution in [0.3, 0.4) is 0 Å². The van der Waals surface area contributed by atoms with E-state index in [-0.39, 0.29) is 6.79 Å². The number of benzene rings is 2. The number of nitrogens with zero attached hydrogens (tertiary/aromatic N) is 1. The molecule has 0 spiro atoms. The third-order valence-corrected chi connectivity index (χ3v) is 5.90. The lowest BCUT2D eigenvalue weighted by atomic mass is 9.88. The molecule has 2 heterocycles. The Balaban J connectivity index is 1.45. The quantitative estimate of drug-likeness (QED) is 0.664. The van der Waals surface area contributed by atoms with Gasteiger partial charge in [0, 0.05) is 18.2 Å². The van der Waals surface area contributed by atoms with Crippen molar-refractivity contribution in [2.75, 3.05) is 34.6 Å². The first kappa shape index (κ1) is 18.9. The zero-order chi connectivity index (χ0) is 19.5. The minimum atomic E-state index is 0.275. The van der Waals surface area contributed by atoms with Crippen molar-refractivity contribution in [2.24, 2.45) is 0 Å². The average Bonchev–Trinajstić information content (AvgIpc) is 3.19. The molecule has 4 rings (SSSR count). The largest absolute Gasteiger partial charge is 0.497 e. The van der Waals surface area contributed by atoms with E-state index in [1.165, 1.54) is 23.1 Å². The molecule has 0 saturated heterocycles. The molecule has 2 aliphatic rings. The number of hydrogen-bond donors (Lipinski definition) is 0. The molecule has 0 bridgehead atoms. The molecule has 2 aromatic carbocycles. The Hall–Kier alpha value is -2.40. The van der Waals surface area contributed by atoms with Crippen molar-refractivity contribution >= 4 is 0 Å². The van der Waals surface area contributed by atoms with E-state index in [2.05, 4.69) is 30.1 Å². The van der Waals surface area contributed by atoms with Gasteiger partial charge in [-0.1, -0.05) is 18.6 Å². The van der Waals surface area contributed by atoms with Gasteiger partial charge in [-0.2, -0.15) is 0 Å². The number of hydrogen-bond acceptors (Lipinski definition) is 5. The van der Waals surface area contributed by atoms with E-state index in [0.717, 1.165) is 55.2 Å². The molecular weight excluding hydrogens is 354 g/mol. The van der Waals surface area contributed by atoms with E-state index in [1.54, 1.807) is 14.2 Å². The predicted octanol–water partition coefficient (Wildman–Crippen LogP) is 4.37. The van der Waals surface area contributed by atoms with Crippen molar-refractivity contribution < 1.29 is 18.9 Å². The molecule has 0 aliphatic carbocycles. The number of rotatable bonds is 7. The molecule has 0 amide bonds. The molecule has 1 unspecified atom stereocenters.